The van der Waals surface area contributed by atoms with E-state index in [1.165, 1.54) is 89.9 Å². The number of aliphatic hydroxyl groups excluding tert-OH is 1. The van der Waals surface area contributed by atoms with Gasteiger partial charge in [-0.2, -0.15) is 0 Å². The zero-order valence-corrected chi connectivity index (χ0v) is 18.3. The molecule has 0 aliphatic carbocycles. The van der Waals surface area contributed by atoms with Gasteiger partial charge in [-0.25, -0.2) is 0 Å². The Kier molecular flexibility index (Phi) is 18.9. The Morgan fingerprint density at radius 2 is 1.15 bits per heavy atom. The van der Waals surface area contributed by atoms with Crippen LogP contribution in [0.4, 0.5) is 0 Å². The molecular formula is C20H40N2O3V. The van der Waals surface area contributed by atoms with Crippen LogP contribution in [0.25, 0.3) is 0 Å². The third-order valence-electron chi connectivity index (χ3n) is 4.92. The molecule has 1 rings (SSSR count). The first-order valence-corrected chi connectivity index (χ1v) is 11.6. The van der Waals surface area contributed by atoms with E-state index in [9.17, 15) is 5.11 Å². The zero-order chi connectivity index (χ0) is 19.5. The van der Waals surface area contributed by atoms with Gasteiger partial charge in [0.15, 0.2) is 0 Å². The SMILES string of the molecule is CCCCCCCCCCCCCCCCN1C=CN(C)C1O.[O]=[V]=[O]. The molecule has 26 heavy (non-hydrogen) atoms. The second kappa shape index (κ2) is 19.3. The van der Waals surface area contributed by atoms with Gasteiger partial charge >= 0.3 is 23.5 Å². The van der Waals surface area contributed by atoms with Gasteiger partial charge < -0.3 is 14.9 Å². The standard InChI is InChI=1S/C20H40N2O.2O.V/c1-3-4-5-6-7-8-9-10-11-12-13-14-15-16-17-22-19-18-21(2)20(22)23;;;/h18-20,23H,3-17H2,1-2H3;;;. The normalized spacial score (nSPS) is 15.7. The van der Waals surface area contributed by atoms with Crippen LogP contribution >= 0.6 is 0 Å². The van der Waals surface area contributed by atoms with E-state index in [1.807, 2.05) is 29.2 Å². The van der Waals surface area contributed by atoms with Crippen molar-refractivity contribution in [2.24, 2.45) is 0 Å². The van der Waals surface area contributed by atoms with Crippen molar-refractivity contribution in [1.29, 1.82) is 0 Å². The van der Waals surface area contributed by atoms with Crippen molar-refractivity contribution in [3.8, 4) is 0 Å². The average molecular weight is 407 g/mol. The molecule has 0 saturated heterocycles. The first-order chi connectivity index (χ1) is 12.7. The first kappa shape index (κ1) is 25.5. The van der Waals surface area contributed by atoms with Gasteiger partial charge in [0.25, 0.3) is 0 Å². The summed E-state index contributed by atoms with van der Waals surface area (Å²) in [5, 5.41) is 9.85. The van der Waals surface area contributed by atoms with Crippen LogP contribution in [0.15, 0.2) is 12.4 Å². The van der Waals surface area contributed by atoms with Crippen molar-refractivity contribution in [2.75, 3.05) is 13.6 Å². The van der Waals surface area contributed by atoms with Crippen molar-refractivity contribution in [1.82, 2.24) is 9.80 Å². The maximum absolute atomic E-state index is 9.85. The molecule has 1 aliphatic rings. The van der Waals surface area contributed by atoms with Crippen LogP contribution in [-0.4, -0.2) is 34.9 Å². The number of aliphatic hydroxyl groups is 1. The van der Waals surface area contributed by atoms with Gasteiger partial charge in [0, 0.05) is 26.0 Å². The van der Waals surface area contributed by atoms with E-state index >= 15 is 0 Å². The Balaban J connectivity index is 0.00000194. The molecule has 5 nitrogen and oxygen atoms in total. The van der Waals surface area contributed by atoms with Gasteiger partial charge in [-0.15, -0.1) is 0 Å². The molecule has 0 amide bonds. The Bertz CT molecular complexity index is 374. The molecule has 1 aliphatic heterocycles. The summed E-state index contributed by atoms with van der Waals surface area (Å²) in [7, 11) is 1.91. The molecule has 0 radical (unpaired) electrons. The van der Waals surface area contributed by atoms with Crippen LogP contribution in [0.1, 0.15) is 96.8 Å². The fourth-order valence-corrected chi connectivity index (χ4v) is 3.26. The number of hydrogen-bond acceptors (Lipinski definition) is 5. The van der Waals surface area contributed by atoms with Gasteiger partial charge in [-0.05, 0) is 6.42 Å². The summed E-state index contributed by atoms with van der Waals surface area (Å²) in [6.45, 7) is 3.26. The third-order valence-corrected chi connectivity index (χ3v) is 4.92. The van der Waals surface area contributed by atoms with Gasteiger partial charge in [0.2, 0.25) is 6.35 Å². The third kappa shape index (κ3) is 14.6. The van der Waals surface area contributed by atoms with E-state index in [4.69, 9.17) is 7.35 Å². The number of nitrogens with zero attached hydrogens (tertiary/aromatic N) is 2. The minimum atomic E-state index is -1.81. The van der Waals surface area contributed by atoms with Crippen LogP contribution in [0.3, 0.4) is 0 Å². The van der Waals surface area contributed by atoms with E-state index in [1.54, 1.807) is 0 Å². The molecular weight excluding hydrogens is 367 g/mol. The quantitative estimate of drug-likeness (QED) is 0.377. The van der Waals surface area contributed by atoms with Crippen LogP contribution in [0, 0.1) is 0 Å². The molecule has 1 N–H and O–H groups in total. The molecule has 1 atom stereocenters. The molecule has 0 aromatic carbocycles. The summed E-state index contributed by atoms with van der Waals surface area (Å²) >= 11 is -1.81. The summed E-state index contributed by atoms with van der Waals surface area (Å²) in [6, 6.07) is 0. The Morgan fingerprint density at radius 1 is 0.769 bits per heavy atom. The van der Waals surface area contributed by atoms with Gasteiger partial charge in [-0.3, -0.25) is 0 Å². The van der Waals surface area contributed by atoms with Crippen molar-refractivity contribution in [2.45, 2.75) is 103 Å². The predicted molar refractivity (Wildman–Crippen MR) is 101 cm³/mol. The Hall–Kier alpha value is -0.516. The topological polar surface area (TPSA) is 60.9 Å². The molecule has 0 bridgehead atoms. The fraction of sp³-hybridized carbons (Fsp3) is 0.900. The van der Waals surface area contributed by atoms with Gasteiger partial charge in [0.1, 0.15) is 0 Å². The number of hydrogen-bond donors (Lipinski definition) is 1. The van der Waals surface area contributed by atoms with E-state index in [0.29, 0.717) is 0 Å². The summed E-state index contributed by atoms with van der Waals surface area (Å²) < 4.78 is 16.9. The number of rotatable bonds is 15. The van der Waals surface area contributed by atoms with Crippen molar-refractivity contribution < 1.29 is 28.6 Å². The fourth-order valence-electron chi connectivity index (χ4n) is 3.26. The van der Waals surface area contributed by atoms with Crippen LogP contribution in [0.2, 0.25) is 0 Å². The predicted octanol–water partition coefficient (Wildman–Crippen LogP) is 5.22. The second-order valence-electron chi connectivity index (χ2n) is 7.22. The molecule has 0 spiro atoms. The molecule has 1 unspecified atom stereocenters. The molecule has 0 aromatic heterocycles. The van der Waals surface area contributed by atoms with Crippen LogP contribution in [0.5, 0.6) is 0 Å². The van der Waals surface area contributed by atoms with E-state index in [0.717, 1.165) is 6.54 Å². The van der Waals surface area contributed by atoms with Crippen molar-refractivity contribution in [3.63, 3.8) is 0 Å². The van der Waals surface area contributed by atoms with Crippen molar-refractivity contribution >= 4 is 0 Å². The van der Waals surface area contributed by atoms with E-state index < -0.39 is 22.5 Å². The van der Waals surface area contributed by atoms with E-state index in [-0.39, 0.29) is 0 Å². The average Bonchev–Trinajstić information content (AvgIpc) is 2.95. The van der Waals surface area contributed by atoms with Gasteiger partial charge in [-0.1, -0.05) is 90.4 Å². The van der Waals surface area contributed by atoms with Crippen LogP contribution in [-0.2, 0) is 23.5 Å². The zero-order valence-electron chi connectivity index (χ0n) is 16.9. The van der Waals surface area contributed by atoms with Crippen LogP contribution < -0.4 is 0 Å². The Morgan fingerprint density at radius 3 is 1.50 bits per heavy atom. The van der Waals surface area contributed by atoms with Crippen molar-refractivity contribution in [3.05, 3.63) is 12.4 Å². The summed E-state index contributed by atoms with van der Waals surface area (Å²) in [5.41, 5.74) is 0. The maximum atomic E-state index is 9.85. The number of unbranched alkanes of at least 4 members (excludes halogenated alkanes) is 13. The van der Waals surface area contributed by atoms with E-state index in [2.05, 4.69) is 6.92 Å². The van der Waals surface area contributed by atoms with Gasteiger partial charge in [0.05, 0.1) is 0 Å². The summed E-state index contributed by atoms with van der Waals surface area (Å²) in [6.07, 6.45) is 23.0. The molecule has 0 aromatic rings. The Labute approximate surface area is 167 Å². The molecule has 0 saturated carbocycles. The second-order valence-corrected chi connectivity index (χ2v) is 7.45. The molecule has 153 valence electrons. The minimum absolute atomic E-state index is 0.447. The first-order valence-electron chi connectivity index (χ1n) is 10.5. The molecule has 6 heteroatoms. The molecule has 0 fully saturated rings. The summed E-state index contributed by atoms with van der Waals surface area (Å²) in [4.78, 5) is 3.85. The molecule has 1 heterocycles. The monoisotopic (exact) mass is 407 g/mol. The summed E-state index contributed by atoms with van der Waals surface area (Å²) in [5.74, 6) is 0.